The Kier molecular flexibility index (Phi) is 4.71. The van der Waals surface area contributed by atoms with Gasteiger partial charge in [0.25, 0.3) is 0 Å². The Bertz CT molecular complexity index is 554. The van der Waals surface area contributed by atoms with Gasteiger partial charge in [0.2, 0.25) is 5.91 Å². The average molecular weight is 272 g/mol. The van der Waals surface area contributed by atoms with Crippen LogP contribution in [0.2, 0.25) is 0 Å². The van der Waals surface area contributed by atoms with E-state index in [4.69, 9.17) is 0 Å². The highest BCUT2D eigenvalue weighted by atomic mass is 19.1. The maximum Gasteiger partial charge on any atom is 0.238 e. The van der Waals surface area contributed by atoms with E-state index < -0.39 is 0 Å². The van der Waals surface area contributed by atoms with Gasteiger partial charge in [0.1, 0.15) is 5.82 Å². The monoisotopic (exact) mass is 272 g/mol. The molecule has 2 rings (SSSR count). The Morgan fingerprint density at radius 2 is 1.75 bits per heavy atom. The van der Waals surface area contributed by atoms with E-state index in [0.717, 1.165) is 5.56 Å². The van der Waals surface area contributed by atoms with Crippen molar-refractivity contribution in [2.75, 3.05) is 5.43 Å². The molecule has 0 aromatic heterocycles. The summed E-state index contributed by atoms with van der Waals surface area (Å²) < 4.78 is 12.7. The van der Waals surface area contributed by atoms with Crippen molar-refractivity contribution in [2.24, 2.45) is 0 Å². The fourth-order valence-corrected chi connectivity index (χ4v) is 1.90. The van der Waals surface area contributed by atoms with Crippen molar-refractivity contribution in [3.05, 3.63) is 66.0 Å². The van der Waals surface area contributed by atoms with Crippen molar-refractivity contribution in [2.45, 2.75) is 19.3 Å². The van der Waals surface area contributed by atoms with E-state index in [1.807, 2.05) is 37.3 Å². The van der Waals surface area contributed by atoms with Crippen molar-refractivity contribution in [3.8, 4) is 0 Å². The Hall–Kier alpha value is -2.36. The standard InChI is InChI=1S/C16H17FN2O/c1-12(13-5-3-2-4-6-13)11-16(20)19-18-15-9-7-14(17)8-10-15/h2-10,12,18H,11H2,1H3,(H,19,20)/t12-/m0/s1. The van der Waals surface area contributed by atoms with Crippen LogP contribution in [-0.4, -0.2) is 5.91 Å². The Labute approximate surface area is 117 Å². The number of hydrogen-bond donors (Lipinski definition) is 2. The normalized spacial score (nSPS) is 11.7. The second-order valence-corrected chi connectivity index (χ2v) is 4.70. The first-order valence-corrected chi connectivity index (χ1v) is 6.50. The zero-order chi connectivity index (χ0) is 14.4. The van der Waals surface area contributed by atoms with Crippen LogP contribution in [-0.2, 0) is 4.79 Å². The molecule has 0 aliphatic heterocycles. The third kappa shape index (κ3) is 4.09. The highest BCUT2D eigenvalue weighted by Crippen LogP contribution is 2.18. The second-order valence-electron chi connectivity index (χ2n) is 4.70. The Balaban J connectivity index is 1.82. The summed E-state index contributed by atoms with van der Waals surface area (Å²) in [6, 6.07) is 15.7. The molecule has 2 aromatic carbocycles. The third-order valence-electron chi connectivity index (χ3n) is 3.05. The van der Waals surface area contributed by atoms with Crippen LogP contribution in [0.15, 0.2) is 54.6 Å². The molecular formula is C16H17FN2O. The summed E-state index contributed by atoms with van der Waals surface area (Å²) in [5.41, 5.74) is 7.14. The lowest BCUT2D eigenvalue weighted by Crippen LogP contribution is -2.30. The summed E-state index contributed by atoms with van der Waals surface area (Å²) in [6.45, 7) is 2.01. The minimum absolute atomic E-state index is 0.106. The van der Waals surface area contributed by atoms with Gasteiger partial charge in [-0.05, 0) is 35.7 Å². The van der Waals surface area contributed by atoms with Gasteiger partial charge in [-0.1, -0.05) is 37.3 Å². The van der Waals surface area contributed by atoms with Gasteiger partial charge >= 0.3 is 0 Å². The number of benzene rings is 2. The summed E-state index contributed by atoms with van der Waals surface area (Å²) >= 11 is 0. The predicted octanol–water partition coefficient (Wildman–Crippen LogP) is 3.46. The number of rotatable bonds is 5. The predicted molar refractivity (Wildman–Crippen MR) is 77.6 cm³/mol. The molecule has 2 N–H and O–H groups in total. The topological polar surface area (TPSA) is 41.1 Å². The molecule has 1 atom stereocenters. The number of anilines is 1. The molecule has 0 bridgehead atoms. The first-order valence-electron chi connectivity index (χ1n) is 6.50. The van der Waals surface area contributed by atoms with E-state index in [1.165, 1.54) is 12.1 Å². The minimum Gasteiger partial charge on any atom is -0.299 e. The van der Waals surface area contributed by atoms with Gasteiger partial charge in [0.15, 0.2) is 0 Å². The minimum atomic E-state index is -0.306. The second kappa shape index (κ2) is 6.70. The van der Waals surface area contributed by atoms with Gasteiger partial charge < -0.3 is 0 Å². The fraction of sp³-hybridized carbons (Fsp3) is 0.188. The molecule has 2 aromatic rings. The maximum atomic E-state index is 12.7. The van der Waals surface area contributed by atoms with Gasteiger partial charge in [-0.15, -0.1) is 0 Å². The lowest BCUT2D eigenvalue weighted by molar-refractivity contribution is -0.120. The molecule has 0 aliphatic rings. The number of nitrogens with one attached hydrogen (secondary N) is 2. The molecular weight excluding hydrogens is 255 g/mol. The van der Waals surface area contributed by atoms with Crippen LogP contribution in [0.3, 0.4) is 0 Å². The summed E-state index contributed by atoms with van der Waals surface area (Å²) in [5.74, 6) is -0.267. The fourth-order valence-electron chi connectivity index (χ4n) is 1.90. The smallest absolute Gasteiger partial charge is 0.238 e. The third-order valence-corrected chi connectivity index (χ3v) is 3.05. The molecule has 1 amide bonds. The van der Waals surface area contributed by atoms with Gasteiger partial charge in [0, 0.05) is 6.42 Å². The zero-order valence-corrected chi connectivity index (χ0v) is 11.3. The van der Waals surface area contributed by atoms with Crippen LogP contribution < -0.4 is 10.9 Å². The van der Waals surface area contributed by atoms with Crippen molar-refractivity contribution >= 4 is 11.6 Å². The number of halogens is 1. The maximum absolute atomic E-state index is 12.7. The summed E-state index contributed by atoms with van der Waals surface area (Å²) in [4.78, 5) is 11.8. The summed E-state index contributed by atoms with van der Waals surface area (Å²) in [6.07, 6.45) is 0.387. The van der Waals surface area contributed by atoms with E-state index in [9.17, 15) is 9.18 Å². The molecule has 3 nitrogen and oxygen atoms in total. The van der Waals surface area contributed by atoms with Crippen molar-refractivity contribution in [1.82, 2.24) is 5.43 Å². The molecule has 0 saturated carbocycles. The Morgan fingerprint density at radius 1 is 1.10 bits per heavy atom. The van der Waals surface area contributed by atoms with Crippen molar-refractivity contribution in [1.29, 1.82) is 0 Å². The lowest BCUT2D eigenvalue weighted by Gasteiger charge is -2.13. The molecule has 0 heterocycles. The van der Waals surface area contributed by atoms with Crippen molar-refractivity contribution in [3.63, 3.8) is 0 Å². The number of carbonyl (C=O) groups is 1. The lowest BCUT2D eigenvalue weighted by atomic mass is 9.98. The van der Waals surface area contributed by atoms with Crippen LogP contribution in [0.5, 0.6) is 0 Å². The average Bonchev–Trinajstić information content (AvgIpc) is 2.47. The van der Waals surface area contributed by atoms with Crippen LogP contribution in [0.25, 0.3) is 0 Å². The first kappa shape index (κ1) is 14.1. The highest BCUT2D eigenvalue weighted by Gasteiger charge is 2.10. The number of carbonyl (C=O) groups excluding carboxylic acids is 1. The highest BCUT2D eigenvalue weighted by molar-refractivity contribution is 5.78. The largest absolute Gasteiger partial charge is 0.299 e. The van der Waals surface area contributed by atoms with E-state index in [0.29, 0.717) is 12.1 Å². The number of amides is 1. The van der Waals surface area contributed by atoms with Gasteiger partial charge in [-0.25, -0.2) is 4.39 Å². The van der Waals surface area contributed by atoms with Gasteiger partial charge in [-0.3, -0.25) is 15.6 Å². The zero-order valence-electron chi connectivity index (χ0n) is 11.3. The van der Waals surface area contributed by atoms with Gasteiger partial charge in [-0.2, -0.15) is 0 Å². The van der Waals surface area contributed by atoms with E-state index in [1.54, 1.807) is 12.1 Å². The summed E-state index contributed by atoms with van der Waals surface area (Å²) in [7, 11) is 0. The molecule has 104 valence electrons. The van der Waals surface area contributed by atoms with Crippen molar-refractivity contribution < 1.29 is 9.18 Å². The molecule has 0 saturated heterocycles. The number of hydrogen-bond acceptors (Lipinski definition) is 2. The quantitative estimate of drug-likeness (QED) is 0.818. The molecule has 0 spiro atoms. The molecule has 20 heavy (non-hydrogen) atoms. The van der Waals surface area contributed by atoms with E-state index in [2.05, 4.69) is 10.9 Å². The molecule has 0 radical (unpaired) electrons. The van der Waals surface area contributed by atoms with Crippen LogP contribution in [0, 0.1) is 5.82 Å². The van der Waals surface area contributed by atoms with E-state index >= 15 is 0 Å². The molecule has 0 fully saturated rings. The molecule has 0 aliphatic carbocycles. The SMILES string of the molecule is C[C@@H](CC(=O)NNc1ccc(F)cc1)c1ccccc1. The van der Waals surface area contributed by atoms with Crippen LogP contribution in [0.1, 0.15) is 24.8 Å². The van der Waals surface area contributed by atoms with Gasteiger partial charge in [0.05, 0.1) is 5.69 Å². The van der Waals surface area contributed by atoms with Crippen LogP contribution in [0.4, 0.5) is 10.1 Å². The Morgan fingerprint density at radius 3 is 2.40 bits per heavy atom. The molecule has 4 heteroatoms. The number of hydrazine groups is 1. The van der Waals surface area contributed by atoms with Crippen LogP contribution >= 0.6 is 0 Å². The summed E-state index contributed by atoms with van der Waals surface area (Å²) in [5, 5.41) is 0. The van der Waals surface area contributed by atoms with E-state index in [-0.39, 0.29) is 17.6 Å². The first-order chi connectivity index (χ1) is 9.65. The molecule has 0 unspecified atom stereocenters.